The first-order valence-electron chi connectivity index (χ1n) is 5.69. The van der Waals surface area contributed by atoms with Crippen molar-refractivity contribution in [3.63, 3.8) is 0 Å². The first-order valence-corrected chi connectivity index (χ1v) is 5.69. The van der Waals surface area contributed by atoms with Gasteiger partial charge >= 0.3 is 0 Å². The predicted octanol–water partition coefficient (Wildman–Crippen LogP) is 1.16. The van der Waals surface area contributed by atoms with Crippen LogP contribution in [0, 0.1) is 11.3 Å². The molecule has 0 bridgehead atoms. The van der Waals surface area contributed by atoms with E-state index in [1.807, 2.05) is 0 Å². The summed E-state index contributed by atoms with van der Waals surface area (Å²) in [7, 11) is 0. The molecule has 1 amide bonds. The molecule has 3 nitrogen and oxygen atoms in total. The van der Waals surface area contributed by atoms with Gasteiger partial charge in [0.05, 0.1) is 0 Å². The predicted molar refractivity (Wildman–Crippen MR) is 55.4 cm³/mol. The smallest absolute Gasteiger partial charge is 0.220 e. The Hall–Kier alpha value is -0.570. The van der Waals surface area contributed by atoms with E-state index >= 15 is 0 Å². The standard InChI is InChI=1S/C11H20N2O/c12-9-4-3-8(10(13)14)7-11(9)5-1-2-6-11/h8-9H,1-7,12H2,(H2,13,14). The van der Waals surface area contributed by atoms with E-state index in [0.29, 0.717) is 6.04 Å². The largest absolute Gasteiger partial charge is 0.369 e. The lowest BCUT2D eigenvalue weighted by Gasteiger charge is -2.42. The Balaban J connectivity index is 2.10. The highest BCUT2D eigenvalue weighted by Crippen LogP contribution is 2.49. The van der Waals surface area contributed by atoms with E-state index in [-0.39, 0.29) is 17.2 Å². The number of nitrogens with two attached hydrogens (primary N) is 2. The topological polar surface area (TPSA) is 69.1 Å². The molecule has 0 aromatic carbocycles. The fraction of sp³-hybridized carbons (Fsp3) is 0.909. The Bertz CT molecular complexity index is 233. The van der Waals surface area contributed by atoms with Crippen molar-refractivity contribution in [2.75, 3.05) is 0 Å². The highest BCUT2D eigenvalue weighted by Gasteiger charge is 2.45. The Kier molecular flexibility index (Phi) is 2.52. The molecule has 0 aliphatic heterocycles. The van der Waals surface area contributed by atoms with Crippen LogP contribution in [-0.2, 0) is 4.79 Å². The van der Waals surface area contributed by atoms with Crippen molar-refractivity contribution in [1.82, 2.24) is 0 Å². The van der Waals surface area contributed by atoms with E-state index in [1.165, 1.54) is 25.7 Å². The van der Waals surface area contributed by atoms with E-state index in [1.54, 1.807) is 0 Å². The van der Waals surface area contributed by atoms with Gasteiger partial charge in [0.25, 0.3) is 0 Å². The molecule has 2 aliphatic carbocycles. The molecule has 2 aliphatic rings. The minimum atomic E-state index is -0.122. The third kappa shape index (κ3) is 1.54. The second kappa shape index (κ2) is 3.54. The van der Waals surface area contributed by atoms with Crippen LogP contribution in [0.3, 0.4) is 0 Å². The zero-order valence-electron chi connectivity index (χ0n) is 8.67. The van der Waals surface area contributed by atoms with Crippen LogP contribution < -0.4 is 11.5 Å². The number of hydrogen-bond acceptors (Lipinski definition) is 2. The van der Waals surface area contributed by atoms with E-state index in [2.05, 4.69) is 0 Å². The molecule has 2 atom stereocenters. The molecule has 3 heteroatoms. The van der Waals surface area contributed by atoms with Gasteiger partial charge in [0, 0.05) is 12.0 Å². The summed E-state index contributed by atoms with van der Waals surface area (Å²) in [6.07, 6.45) is 7.80. The Labute approximate surface area is 85.2 Å². The molecule has 2 fully saturated rings. The Morgan fingerprint density at radius 3 is 2.43 bits per heavy atom. The zero-order chi connectivity index (χ0) is 10.2. The summed E-state index contributed by atoms with van der Waals surface area (Å²) in [6.45, 7) is 0. The highest BCUT2D eigenvalue weighted by atomic mass is 16.1. The molecular formula is C11H20N2O. The van der Waals surface area contributed by atoms with Crippen LogP contribution in [0.1, 0.15) is 44.9 Å². The number of carbonyl (C=O) groups is 1. The Morgan fingerprint density at radius 2 is 1.86 bits per heavy atom. The van der Waals surface area contributed by atoms with Crippen molar-refractivity contribution >= 4 is 5.91 Å². The van der Waals surface area contributed by atoms with Crippen molar-refractivity contribution < 1.29 is 4.79 Å². The number of rotatable bonds is 1. The van der Waals surface area contributed by atoms with Crippen molar-refractivity contribution in [3.8, 4) is 0 Å². The Morgan fingerprint density at radius 1 is 1.21 bits per heavy atom. The van der Waals surface area contributed by atoms with Crippen LogP contribution in [0.15, 0.2) is 0 Å². The molecule has 1 spiro atoms. The average molecular weight is 196 g/mol. The molecule has 0 radical (unpaired) electrons. The lowest BCUT2D eigenvalue weighted by atomic mass is 9.65. The molecular weight excluding hydrogens is 176 g/mol. The van der Waals surface area contributed by atoms with Gasteiger partial charge in [-0.15, -0.1) is 0 Å². The first kappa shape index (κ1) is 9.97. The number of amides is 1. The third-order valence-corrected chi connectivity index (χ3v) is 4.27. The first-order chi connectivity index (χ1) is 6.64. The van der Waals surface area contributed by atoms with Gasteiger partial charge in [0.2, 0.25) is 5.91 Å². The minimum absolute atomic E-state index is 0.0906. The van der Waals surface area contributed by atoms with E-state index in [0.717, 1.165) is 19.3 Å². The highest BCUT2D eigenvalue weighted by molar-refractivity contribution is 5.76. The minimum Gasteiger partial charge on any atom is -0.369 e. The summed E-state index contributed by atoms with van der Waals surface area (Å²) in [6, 6.07) is 0.306. The summed E-state index contributed by atoms with van der Waals surface area (Å²) in [5.74, 6) is -0.0314. The summed E-state index contributed by atoms with van der Waals surface area (Å²) >= 11 is 0. The summed E-state index contributed by atoms with van der Waals surface area (Å²) in [4.78, 5) is 11.2. The number of hydrogen-bond donors (Lipinski definition) is 2. The zero-order valence-corrected chi connectivity index (χ0v) is 8.67. The second-order valence-corrected chi connectivity index (χ2v) is 5.06. The summed E-state index contributed by atoms with van der Waals surface area (Å²) in [5, 5.41) is 0. The van der Waals surface area contributed by atoms with Gasteiger partial charge in [-0.25, -0.2) is 0 Å². The molecule has 0 saturated heterocycles. The van der Waals surface area contributed by atoms with Gasteiger partial charge in [-0.1, -0.05) is 12.8 Å². The van der Waals surface area contributed by atoms with Gasteiger partial charge < -0.3 is 11.5 Å². The van der Waals surface area contributed by atoms with Crippen molar-refractivity contribution in [2.24, 2.45) is 22.8 Å². The maximum absolute atomic E-state index is 11.2. The lowest BCUT2D eigenvalue weighted by Crippen LogP contribution is -2.47. The number of primary amides is 1. The maximum atomic E-state index is 11.2. The molecule has 2 unspecified atom stereocenters. The van der Waals surface area contributed by atoms with Crippen molar-refractivity contribution in [2.45, 2.75) is 51.0 Å². The molecule has 0 aromatic heterocycles. The molecule has 4 N–H and O–H groups in total. The van der Waals surface area contributed by atoms with E-state index < -0.39 is 0 Å². The van der Waals surface area contributed by atoms with Gasteiger partial charge in [0.15, 0.2) is 0 Å². The van der Waals surface area contributed by atoms with Crippen LogP contribution in [0.25, 0.3) is 0 Å². The van der Waals surface area contributed by atoms with Crippen LogP contribution in [0.2, 0.25) is 0 Å². The van der Waals surface area contributed by atoms with Crippen LogP contribution in [0.4, 0.5) is 0 Å². The molecule has 2 rings (SSSR count). The fourth-order valence-corrected chi connectivity index (χ4v) is 3.33. The second-order valence-electron chi connectivity index (χ2n) is 5.06. The van der Waals surface area contributed by atoms with Gasteiger partial charge in [-0.3, -0.25) is 4.79 Å². The third-order valence-electron chi connectivity index (χ3n) is 4.27. The van der Waals surface area contributed by atoms with Crippen molar-refractivity contribution in [1.29, 1.82) is 0 Å². The summed E-state index contributed by atoms with van der Waals surface area (Å²) in [5.41, 5.74) is 11.8. The van der Waals surface area contributed by atoms with Crippen LogP contribution in [-0.4, -0.2) is 11.9 Å². The normalized spacial score (nSPS) is 36.1. The van der Waals surface area contributed by atoms with Crippen LogP contribution in [0.5, 0.6) is 0 Å². The van der Waals surface area contributed by atoms with E-state index in [9.17, 15) is 4.79 Å². The quantitative estimate of drug-likeness (QED) is 0.660. The summed E-state index contributed by atoms with van der Waals surface area (Å²) < 4.78 is 0. The maximum Gasteiger partial charge on any atom is 0.220 e. The molecule has 14 heavy (non-hydrogen) atoms. The molecule has 0 aromatic rings. The van der Waals surface area contributed by atoms with Gasteiger partial charge in [-0.2, -0.15) is 0 Å². The van der Waals surface area contributed by atoms with E-state index in [4.69, 9.17) is 11.5 Å². The van der Waals surface area contributed by atoms with Gasteiger partial charge in [0.1, 0.15) is 0 Å². The lowest BCUT2D eigenvalue weighted by molar-refractivity contribution is -0.124. The molecule has 2 saturated carbocycles. The average Bonchev–Trinajstić information content (AvgIpc) is 2.59. The fourth-order valence-electron chi connectivity index (χ4n) is 3.33. The SMILES string of the molecule is NC(=O)C1CCC(N)C2(CCCC2)C1. The number of carbonyl (C=O) groups excluding carboxylic acids is 1. The molecule has 80 valence electrons. The van der Waals surface area contributed by atoms with Crippen molar-refractivity contribution in [3.05, 3.63) is 0 Å². The van der Waals surface area contributed by atoms with Crippen LogP contribution >= 0.6 is 0 Å². The monoisotopic (exact) mass is 196 g/mol. The molecule has 0 heterocycles. The van der Waals surface area contributed by atoms with Gasteiger partial charge in [-0.05, 0) is 37.5 Å².